The van der Waals surface area contributed by atoms with Gasteiger partial charge < -0.3 is 14.2 Å². The Balaban J connectivity index is 1.98. The molecule has 0 aliphatic rings. The molecule has 1 atom stereocenters. The minimum atomic E-state index is 0.0878. The van der Waals surface area contributed by atoms with E-state index in [4.69, 9.17) is 14.2 Å². The summed E-state index contributed by atoms with van der Waals surface area (Å²) in [7, 11) is 3.30. The molecular formula is C24H26O3. The molecule has 3 aromatic carbocycles. The zero-order valence-electron chi connectivity index (χ0n) is 16.4. The average Bonchev–Trinajstić information content (AvgIpc) is 2.72. The molecule has 3 nitrogen and oxygen atoms in total. The first-order valence-electron chi connectivity index (χ1n) is 9.24. The van der Waals surface area contributed by atoms with Crippen molar-refractivity contribution in [2.24, 2.45) is 0 Å². The fourth-order valence-corrected chi connectivity index (χ4v) is 2.98. The van der Waals surface area contributed by atoms with Gasteiger partial charge >= 0.3 is 0 Å². The fraction of sp³-hybridized carbons (Fsp3) is 0.250. The smallest absolute Gasteiger partial charge is 0.203 e. The molecule has 1 unspecified atom stereocenters. The standard InChI is InChI=1S/C24H26O3/c1-5-17(2)27-24-22(25-3)15-18(16-23(24)26-4)13-14-20-11-8-10-19-9-6-7-12-21(19)20/h6-17H,5H2,1-4H3. The summed E-state index contributed by atoms with van der Waals surface area (Å²) >= 11 is 0. The van der Waals surface area contributed by atoms with E-state index in [1.807, 2.05) is 19.1 Å². The Kier molecular flexibility index (Phi) is 6.02. The Labute approximate surface area is 161 Å². The summed E-state index contributed by atoms with van der Waals surface area (Å²) in [4.78, 5) is 0. The number of ether oxygens (including phenoxy) is 3. The molecule has 3 aromatic rings. The van der Waals surface area contributed by atoms with Crippen LogP contribution < -0.4 is 14.2 Å². The molecule has 0 bridgehead atoms. The highest BCUT2D eigenvalue weighted by atomic mass is 16.5. The first-order chi connectivity index (χ1) is 13.2. The van der Waals surface area contributed by atoms with E-state index in [1.165, 1.54) is 16.3 Å². The average molecular weight is 362 g/mol. The predicted octanol–water partition coefficient (Wildman–Crippen LogP) is 6.20. The molecule has 0 fully saturated rings. The molecule has 0 saturated carbocycles. The summed E-state index contributed by atoms with van der Waals surface area (Å²) < 4.78 is 17.1. The summed E-state index contributed by atoms with van der Waals surface area (Å²) in [5.41, 5.74) is 2.17. The van der Waals surface area contributed by atoms with Gasteiger partial charge in [0.25, 0.3) is 0 Å². The Morgan fingerprint density at radius 2 is 1.56 bits per heavy atom. The monoisotopic (exact) mass is 362 g/mol. The third-order valence-electron chi connectivity index (χ3n) is 4.66. The highest BCUT2D eigenvalue weighted by Gasteiger charge is 2.15. The van der Waals surface area contributed by atoms with Crippen LogP contribution >= 0.6 is 0 Å². The van der Waals surface area contributed by atoms with Crippen LogP contribution in [0, 0.1) is 0 Å². The number of hydrogen-bond donors (Lipinski definition) is 0. The summed E-state index contributed by atoms with van der Waals surface area (Å²) in [5, 5.41) is 2.46. The van der Waals surface area contributed by atoms with Crippen molar-refractivity contribution in [2.45, 2.75) is 26.4 Å². The maximum absolute atomic E-state index is 6.01. The second kappa shape index (κ2) is 8.63. The Bertz CT molecular complexity index is 913. The van der Waals surface area contributed by atoms with Crippen LogP contribution in [-0.2, 0) is 0 Å². The molecular weight excluding hydrogens is 336 g/mol. The van der Waals surface area contributed by atoms with Gasteiger partial charge in [0.1, 0.15) is 0 Å². The van der Waals surface area contributed by atoms with E-state index in [-0.39, 0.29) is 6.10 Å². The quantitative estimate of drug-likeness (QED) is 0.468. The van der Waals surface area contributed by atoms with Crippen molar-refractivity contribution in [1.82, 2.24) is 0 Å². The van der Waals surface area contributed by atoms with E-state index >= 15 is 0 Å². The number of rotatable bonds is 7. The molecule has 3 rings (SSSR count). The van der Waals surface area contributed by atoms with Crippen molar-refractivity contribution < 1.29 is 14.2 Å². The first-order valence-corrected chi connectivity index (χ1v) is 9.24. The lowest BCUT2D eigenvalue weighted by molar-refractivity contribution is 0.198. The lowest BCUT2D eigenvalue weighted by atomic mass is 10.0. The van der Waals surface area contributed by atoms with Crippen molar-refractivity contribution in [2.75, 3.05) is 14.2 Å². The SMILES string of the molecule is CCC(C)Oc1c(OC)cc(C=Cc2cccc3ccccc23)cc1OC. The van der Waals surface area contributed by atoms with Crippen LogP contribution in [0.25, 0.3) is 22.9 Å². The van der Waals surface area contributed by atoms with Crippen molar-refractivity contribution in [3.8, 4) is 17.2 Å². The van der Waals surface area contributed by atoms with Gasteiger partial charge in [0.2, 0.25) is 5.75 Å². The molecule has 140 valence electrons. The van der Waals surface area contributed by atoms with Crippen LogP contribution in [0.3, 0.4) is 0 Å². The van der Waals surface area contributed by atoms with Gasteiger partial charge in [-0.15, -0.1) is 0 Å². The molecule has 0 aromatic heterocycles. The summed E-state index contributed by atoms with van der Waals surface area (Å²) in [5.74, 6) is 2.00. The number of methoxy groups -OCH3 is 2. The van der Waals surface area contributed by atoms with Crippen molar-refractivity contribution in [1.29, 1.82) is 0 Å². The van der Waals surface area contributed by atoms with Crippen LogP contribution in [-0.4, -0.2) is 20.3 Å². The largest absolute Gasteiger partial charge is 0.493 e. The number of benzene rings is 3. The molecule has 0 radical (unpaired) electrons. The normalized spacial score (nSPS) is 12.3. The second-order valence-corrected chi connectivity index (χ2v) is 6.49. The highest BCUT2D eigenvalue weighted by molar-refractivity contribution is 5.92. The molecule has 0 aliphatic heterocycles. The van der Waals surface area contributed by atoms with Gasteiger partial charge in [0.05, 0.1) is 20.3 Å². The number of fused-ring (bicyclic) bond motifs is 1. The van der Waals surface area contributed by atoms with Crippen LogP contribution in [0.1, 0.15) is 31.4 Å². The topological polar surface area (TPSA) is 27.7 Å². The summed E-state index contributed by atoms with van der Waals surface area (Å²) in [6.07, 6.45) is 5.19. The van der Waals surface area contributed by atoms with Gasteiger partial charge in [-0.05, 0) is 47.4 Å². The van der Waals surface area contributed by atoms with E-state index in [2.05, 4.69) is 61.5 Å². The van der Waals surface area contributed by atoms with E-state index in [0.29, 0.717) is 17.2 Å². The molecule has 0 saturated heterocycles. The van der Waals surface area contributed by atoms with E-state index in [0.717, 1.165) is 12.0 Å². The molecule has 0 N–H and O–H groups in total. The van der Waals surface area contributed by atoms with Gasteiger partial charge in [-0.25, -0.2) is 0 Å². The number of hydrogen-bond acceptors (Lipinski definition) is 3. The zero-order chi connectivity index (χ0) is 19.2. The summed E-state index contributed by atoms with van der Waals surface area (Å²) in [6.45, 7) is 4.12. The lowest BCUT2D eigenvalue weighted by Gasteiger charge is -2.18. The molecule has 0 spiro atoms. The fourth-order valence-electron chi connectivity index (χ4n) is 2.98. The third-order valence-corrected chi connectivity index (χ3v) is 4.66. The molecule has 0 amide bonds. The Morgan fingerprint density at radius 1 is 0.889 bits per heavy atom. The van der Waals surface area contributed by atoms with Gasteiger partial charge in [-0.2, -0.15) is 0 Å². The van der Waals surface area contributed by atoms with Crippen LogP contribution in [0.2, 0.25) is 0 Å². The minimum absolute atomic E-state index is 0.0878. The second-order valence-electron chi connectivity index (χ2n) is 6.49. The van der Waals surface area contributed by atoms with Gasteiger partial charge in [-0.1, -0.05) is 61.5 Å². The minimum Gasteiger partial charge on any atom is -0.493 e. The van der Waals surface area contributed by atoms with E-state index in [1.54, 1.807) is 14.2 Å². The lowest BCUT2D eigenvalue weighted by Crippen LogP contribution is -2.11. The maximum Gasteiger partial charge on any atom is 0.203 e. The van der Waals surface area contributed by atoms with E-state index in [9.17, 15) is 0 Å². The van der Waals surface area contributed by atoms with Crippen molar-refractivity contribution in [3.05, 3.63) is 65.7 Å². The van der Waals surface area contributed by atoms with Crippen LogP contribution in [0.15, 0.2) is 54.6 Å². The van der Waals surface area contributed by atoms with Crippen molar-refractivity contribution in [3.63, 3.8) is 0 Å². The third kappa shape index (κ3) is 4.25. The highest BCUT2D eigenvalue weighted by Crippen LogP contribution is 2.40. The van der Waals surface area contributed by atoms with Crippen molar-refractivity contribution >= 4 is 22.9 Å². The van der Waals surface area contributed by atoms with Gasteiger partial charge in [-0.3, -0.25) is 0 Å². The molecule has 3 heteroatoms. The summed E-state index contributed by atoms with van der Waals surface area (Å²) in [6, 6.07) is 18.6. The molecule has 0 aliphatic carbocycles. The Morgan fingerprint density at radius 3 is 2.22 bits per heavy atom. The van der Waals surface area contributed by atoms with E-state index < -0.39 is 0 Å². The first kappa shape index (κ1) is 18.8. The molecule has 27 heavy (non-hydrogen) atoms. The zero-order valence-corrected chi connectivity index (χ0v) is 16.4. The Hall–Kier alpha value is -2.94. The maximum atomic E-state index is 6.01. The molecule has 0 heterocycles. The van der Waals surface area contributed by atoms with Crippen LogP contribution in [0.5, 0.6) is 17.2 Å². The predicted molar refractivity (Wildman–Crippen MR) is 113 cm³/mol. The van der Waals surface area contributed by atoms with Crippen LogP contribution in [0.4, 0.5) is 0 Å². The van der Waals surface area contributed by atoms with Gasteiger partial charge in [0, 0.05) is 0 Å². The van der Waals surface area contributed by atoms with Gasteiger partial charge in [0.15, 0.2) is 11.5 Å².